The Morgan fingerprint density at radius 1 is 1.18 bits per heavy atom. The highest BCUT2D eigenvalue weighted by Gasteiger charge is 2.52. The quantitative estimate of drug-likeness (QED) is 0.690. The molecule has 7 heteroatoms. The third kappa shape index (κ3) is 4.24. The fraction of sp³-hybridized carbons (Fsp3) is 0.476. The topological polar surface area (TPSA) is 41.6 Å². The van der Waals surface area contributed by atoms with Gasteiger partial charge in [-0.15, -0.1) is 0 Å². The Hall–Kier alpha value is -2.28. The van der Waals surface area contributed by atoms with Crippen LogP contribution in [-0.2, 0) is 4.79 Å². The van der Waals surface area contributed by atoms with Crippen LogP contribution in [0.3, 0.4) is 0 Å². The van der Waals surface area contributed by atoms with E-state index < -0.39 is 23.7 Å². The molecule has 0 saturated carbocycles. The summed E-state index contributed by atoms with van der Waals surface area (Å²) < 4.78 is 47.5. The molecule has 1 saturated heterocycles. The summed E-state index contributed by atoms with van der Waals surface area (Å²) in [6, 6.07) is 8.12. The summed E-state index contributed by atoms with van der Waals surface area (Å²) in [6.45, 7) is 5.95. The molecule has 0 radical (unpaired) electrons. The van der Waals surface area contributed by atoms with Crippen molar-refractivity contribution >= 4 is 16.7 Å². The number of carbonyl (C=O) groups excluding carboxylic acids is 1. The van der Waals surface area contributed by atoms with Gasteiger partial charge in [-0.2, -0.15) is 18.2 Å². The van der Waals surface area contributed by atoms with Gasteiger partial charge in [-0.1, -0.05) is 31.5 Å². The van der Waals surface area contributed by atoms with E-state index in [4.69, 9.17) is 4.74 Å². The number of nitrogens with one attached hydrogen (secondary N) is 1. The first-order valence-electron chi connectivity index (χ1n) is 9.44. The van der Waals surface area contributed by atoms with Gasteiger partial charge >= 0.3 is 6.18 Å². The number of carbonyl (C=O) groups is 1. The highest BCUT2D eigenvalue weighted by Crippen LogP contribution is 2.43. The molecule has 0 aromatic heterocycles. The molecule has 1 aliphatic heterocycles. The van der Waals surface area contributed by atoms with Gasteiger partial charge in [-0.05, 0) is 54.8 Å². The van der Waals surface area contributed by atoms with Gasteiger partial charge in [0, 0.05) is 12.0 Å². The van der Waals surface area contributed by atoms with E-state index in [9.17, 15) is 18.0 Å². The van der Waals surface area contributed by atoms with Gasteiger partial charge in [-0.3, -0.25) is 10.2 Å². The smallest absolute Gasteiger partial charge is 0.409 e. The Labute approximate surface area is 162 Å². The lowest BCUT2D eigenvalue weighted by Gasteiger charge is -2.38. The second-order valence-corrected chi connectivity index (χ2v) is 7.81. The molecule has 0 spiro atoms. The SMILES string of the molecule is CCCCOc1ccc2cc(C(N3NC(=O)CC3(C)C)C(F)(F)F)ccc2c1. The van der Waals surface area contributed by atoms with E-state index in [1.165, 1.54) is 12.1 Å². The Morgan fingerprint density at radius 3 is 2.46 bits per heavy atom. The van der Waals surface area contributed by atoms with E-state index in [0.717, 1.165) is 23.2 Å². The van der Waals surface area contributed by atoms with Crippen molar-refractivity contribution in [3.63, 3.8) is 0 Å². The lowest BCUT2D eigenvalue weighted by molar-refractivity contribution is -0.203. The van der Waals surface area contributed by atoms with Crippen LogP contribution < -0.4 is 10.2 Å². The Bertz CT molecular complexity index is 864. The summed E-state index contributed by atoms with van der Waals surface area (Å²) in [5.74, 6) is 0.294. The number of alkyl halides is 3. The van der Waals surface area contributed by atoms with Crippen LogP contribution in [-0.4, -0.2) is 29.2 Å². The number of hydrazine groups is 1. The zero-order valence-electron chi connectivity index (χ0n) is 16.3. The van der Waals surface area contributed by atoms with E-state index in [2.05, 4.69) is 12.3 Å². The van der Waals surface area contributed by atoms with Crippen molar-refractivity contribution < 1.29 is 22.7 Å². The third-order valence-corrected chi connectivity index (χ3v) is 4.98. The number of halogens is 3. The van der Waals surface area contributed by atoms with Gasteiger partial charge in [0.1, 0.15) is 5.75 Å². The van der Waals surface area contributed by atoms with Crippen LogP contribution in [0.15, 0.2) is 36.4 Å². The molecule has 152 valence electrons. The van der Waals surface area contributed by atoms with E-state index in [0.29, 0.717) is 17.7 Å². The first-order valence-corrected chi connectivity index (χ1v) is 9.44. The Kier molecular flexibility index (Phi) is 5.57. The molecule has 1 unspecified atom stereocenters. The average Bonchev–Trinajstić information content (AvgIpc) is 2.86. The van der Waals surface area contributed by atoms with Crippen molar-refractivity contribution in [2.75, 3.05) is 6.61 Å². The predicted molar refractivity (Wildman–Crippen MR) is 102 cm³/mol. The van der Waals surface area contributed by atoms with Gasteiger partial charge in [0.2, 0.25) is 5.91 Å². The van der Waals surface area contributed by atoms with Gasteiger partial charge in [-0.25, -0.2) is 0 Å². The second-order valence-electron chi connectivity index (χ2n) is 7.81. The first kappa shape index (κ1) is 20.5. The van der Waals surface area contributed by atoms with Crippen molar-refractivity contribution in [3.8, 4) is 5.75 Å². The summed E-state index contributed by atoms with van der Waals surface area (Å²) >= 11 is 0. The number of unbranched alkanes of at least 4 members (excludes halogenated alkanes) is 1. The van der Waals surface area contributed by atoms with Crippen molar-refractivity contribution in [1.82, 2.24) is 10.4 Å². The minimum atomic E-state index is -4.54. The predicted octanol–water partition coefficient (Wildman–Crippen LogP) is 5.14. The Morgan fingerprint density at radius 2 is 1.86 bits per heavy atom. The molecule has 1 heterocycles. The molecule has 4 nitrogen and oxygen atoms in total. The fourth-order valence-electron chi connectivity index (χ4n) is 3.54. The average molecular weight is 394 g/mol. The molecule has 1 amide bonds. The monoisotopic (exact) mass is 394 g/mol. The number of rotatable bonds is 6. The van der Waals surface area contributed by atoms with E-state index >= 15 is 0 Å². The summed E-state index contributed by atoms with van der Waals surface area (Å²) in [5.41, 5.74) is 1.54. The van der Waals surface area contributed by atoms with Crippen molar-refractivity contribution in [1.29, 1.82) is 0 Å². The number of ether oxygens (including phenoxy) is 1. The summed E-state index contributed by atoms with van der Waals surface area (Å²) in [7, 11) is 0. The van der Waals surface area contributed by atoms with Crippen molar-refractivity contribution in [2.45, 2.75) is 57.8 Å². The van der Waals surface area contributed by atoms with Gasteiger partial charge in [0.25, 0.3) is 0 Å². The number of benzene rings is 2. The minimum absolute atomic E-state index is 0.0195. The van der Waals surface area contributed by atoms with Crippen LogP contribution in [0.4, 0.5) is 13.2 Å². The summed E-state index contributed by atoms with van der Waals surface area (Å²) in [5, 5.41) is 2.53. The number of amides is 1. The van der Waals surface area contributed by atoms with Crippen molar-refractivity contribution in [3.05, 3.63) is 42.0 Å². The maximum Gasteiger partial charge on any atom is 0.409 e. The van der Waals surface area contributed by atoms with Crippen molar-refractivity contribution in [2.24, 2.45) is 0 Å². The molecule has 1 fully saturated rings. The van der Waals surface area contributed by atoms with Gasteiger partial charge < -0.3 is 4.74 Å². The molecule has 2 aromatic rings. The van der Waals surface area contributed by atoms with E-state index in [1.54, 1.807) is 32.0 Å². The minimum Gasteiger partial charge on any atom is -0.494 e. The molecule has 28 heavy (non-hydrogen) atoms. The standard InChI is InChI=1S/C21H25F3N2O2/c1-4-5-10-28-17-9-8-14-11-16(7-6-15(14)12-17)19(21(22,23)24)26-20(2,3)13-18(27)25-26/h6-9,11-12,19H,4-5,10,13H2,1-3H3,(H,25,27). The summed E-state index contributed by atoms with van der Waals surface area (Å²) in [4.78, 5) is 11.8. The van der Waals surface area contributed by atoms with Crippen LogP contribution >= 0.6 is 0 Å². The van der Waals surface area contributed by atoms with Crippen LogP contribution in [0.2, 0.25) is 0 Å². The highest BCUT2D eigenvalue weighted by atomic mass is 19.4. The molecular formula is C21H25F3N2O2. The highest BCUT2D eigenvalue weighted by molar-refractivity contribution is 5.85. The third-order valence-electron chi connectivity index (χ3n) is 4.98. The molecule has 1 N–H and O–H groups in total. The number of nitrogens with zero attached hydrogens (tertiary/aromatic N) is 1. The molecule has 0 bridgehead atoms. The normalized spacial score (nSPS) is 18.3. The fourth-order valence-corrected chi connectivity index (χ4v) is 3.54. The number of hydrogen-bond acceptors (Lipinski definition) is 3. The largest absolute Gasteiger partial charge is 0.494 e. The zero-order valence-corrected chi connectivity index (χ0v) is 16.3. The van der Waals surface area contributed by atoms with Crippen LogP contribution in [0.1, 0.15) is 51.6 Å². The molecule has 0 aliphatic carbocycles. The zero-order chi connectivity index (χ0) is 20.5. The number of hydrogen-bond donors (Lipinski definition) is 1. The molecule has 1 aliphatic rings. The van der Waals surface area contributed by atoms with Crippen LogP contribution in [0, 0.1) is 0 Å². The molecule has 3 rings (SSSR count). The van der Waals surface area contributed by atoms with E-state index in [-0.39, 0.29) is 12.0 Å². The molecule has 1 atom stereocenters. The Balaban J connectivity index is 1.95. The molecular weight excluding hydrogens is 369 g/mol. The maximum absolute atomic E-state index is 14.0. The molecule has 2 aromatic carbocycles. The lowest BCUT2D eigenvalue weighted by Crippen LogP contribution is -2.51. The summed E-state index contributed by atoms with van der Waals surface area (Å²) in [6.07, 6.45) is -2.54. The van der Waals surface area contributed by atoms with Crippen LogP contribution in [0.5, 0.6) is 5.75 Å². The first-order chi connectivity index (χ1) is 13.1. The lowest BCUT2D eigenvalue weighted by atomic mass is 9.95. The van der Waals surface area contributed by atoms with Gasteiger partial charge in [0.05, 0.1) is 6.61 Å². The second kappa shape index (κ2) is 7.62. The van der Waals surface area contributed by atoms with E-state index in [1.807, 2.05) is 6.07 Å². The van der Waals surface area contributed by atoms with Crippen LogP contribution in [0.25, 0.3) is 10.8 Å². The maximum atomic E-state index is 14.0. The number of fused-ring (bicyclic) bond motifs is 1. The van der Waals surface area contributed by atoms with Gasteiger partial charge in [0.15, 0.2) is 6.04 Å².